The second-order valence-electron chi connectivity index (χ2n) is 6.81. The molecule has 4 rings (SSSR count). The molecule has 0 aliphatic heterocycles. The maximum absolute atomic E-state index is 14.6. The topological polar surface area (TPSA) is 52.3 Å². The van der Waals surface area contributed by atoms with Crippen LogP contribution in [0.3, 0.4) is 0 Å². The van der Waals surface area contributed by atoms with Crippen molar-refractivity contribution in [1.82, 2.24) is 4.98 Å². The average molecular weight is 403 g/mol. The molecule has 30 heavy (non-hydrogen) atoms. The summed E-state index contributed by atoms with van der Waals surface area (Å²) >= 11 is 0. The Bertz CT molecular complexity index is 1300. The van der Waals surface area contributed by atoms with Gasteiger partial charge in [-0.05, 0) is 47.9 Å². The molecule has 0 bridgehead atoms. The van der Waals surface area contributed by atoms with Crippen LogP contribution in [0.2, 0.25) is 0 Å². The summed E-state index contributed by atoms with van der Waals surface area (Å²) in [5.41, 5.74) is 1.51. The number of hydrogen-bond acceptors (Lipinski definition) is 4. The Morgan fingerprint density at radius 2 is 1.90 bits per heavy atom. The van der Waals surface area contributed by atoms with Crippen molar-refractivity contribution in [2.24, 2.45) is 0 Å². The summed E-state index contributed by atoms with van der Waals surface area (Å²) in [6.07, 6.45) is 1.57. The number of fused-ring (bicyclic) bond motifs is 1. The first-order valence-electron chi connectivity index (χ1n) is 9.29. The van der Waals surface area contributed by atoms with Gasteiger partial charge >= 0.3 is 5.63 Å². The molecule has 4 nitrogen and oxygen atoms in total. The van der Waals surface area contributed by atoms with Gasteiger partial charge in [0, 0.05) is 29.6 Å². The Labute approximate surface area is 172 Å². The van der Waals surface area contributed by atoms with Gasteiger partial charge in [0.25, 0.3) is 5.88 Å². The van der Waals surface area contributed by atoms with Gasteiger partial charge in [-0.2, -0.15) is 0 Å². The van der Waals surface area contributed by atoms with Crippen LogP contribution in [0, 0.1) is 18.6 Å². The van der Waals surface area contributed by atoms with Gasteiger partial charge in [-0.3, -0.25) is 0 Å². The van der Waals surface area contributed by atoms with E-state index in [2.05, 4.69) is 4.98 Å². The van der Waals surface area contributed by atoms with Crippen molar-refractivity contribution < 1.29 is 17.9 Å². The van der Waals surface area contributed by atoms with Crippen LogP contribution in [0.5, 0.6) is 11.6 Å². The molecule has 0 amide bonds. The largest absolute Gasteiger partial charge is 0.436 e. The van der Waals surface area contributed by atoms with E-state index >= 15 is 0 Å². The third kappa shape index (κ3) is 3.71. The third-order valence-electron chi connectivity index (χ3n) is 4.94. The summed E-state index contributed by atoms with van der Waals surface area (Å²) < 4.78 is 39.2. The first-order valence-corrected chi connectivity index (χ1v) is 9.29. The normalized spacial score (nSPS) is 11.0. The van der Waals surface area contributed by atoms with Crippen molar-refractivity contribution in [2.45, 2.75) is 19.7 Å². The molecule has 0 atom stereocenters. The predicted molar refractivity (Wildman–Crippen MR) is 110 cm³/mol. The van der Waals surface area contributed by atoms with Crippen molar-refractivity contribution in [2.75, 3.05) is 0 Å². The second-order valence-corrected chi connectivity index (χ2v) is 6.81. The molecule has 4 aromatic rings. The monoisotopic (exact) mass is 403 g/mol. The zero-order valence-corrected chi connectivity index (χ0v) is 16.1. The lowest BCUT2D eigenvalue weighted by Gasteiger charge is -2.11. The van der Waals surface area contributed by atoms with E-state index in [1.807, 2.05) is 0 Å². The Hall–Kier alpha value is -3.48. The molecule has 7 heteroatoms. The highest BCUT2D eigenvalue weighted by Gasteiger charge is 2.16. The van der Waals surface area contributed by atoms with Gasteiger partial charge in [0.2, 0.25) is 0 Å². The smallest absolute Gasteiger partial charge is 0.340 e. The molecule has 2 radical (unpaired) electrons. The maximum atomic E-state index is 14.6. The number of aromatic nitrogens is 1. The van der Waals surface area contributed by atoms with Gasteiger partial charge in [0.1, 0.15) is 17.1 Å². The molecule has 2 aromatic carbocycles. The minimum Gasteiger partial charge on any atom is -0.436 e. The third-order valence-corrected chi connectivity index (χ3v) is 4.94. The van der Waals surface area contributed by atoms with E-state index in [-0.39, 0.29) is 30.0 Å². The zero-order valence-electron chi connectivity index (χ0n) is 16.1. The van der Waals surface area contributed by atoms with Crippen molar-refractivity contribution in [1.29, 1.82) is 0 Å². The molecule has 0 unspecified atom stereocenters. The number of aryl methyl sites for hydroxylation is 1. The van der Waals surface area contributed by atoms with Crippen molar-refractivity contribution >= 4 is 18.8 Å². The van der Waals surface area contributed by atoms with Crippen LogP contribution >= 0.6 is 0 Å². The van der Waals surface area contributed by atoms with E-state index < -0.39 is 17.3 Å². The van der Waals surface area contributed by atoms with Crippen LogP contribution in [0.15, 0.2) is 63.9 Å². The number of ether oxygens (including phenoxy) is 1. The molecular weight excluding hydrogens is 387 g/mol. The van der Waals surface area contributed by atoms with E-state index in [9.17, 15) is 13.6 Å². The fraction of sp³-hybridized carbons (Fsp3) is 0.130. The van der Waals surface area contributed by atoms with Crippen molar-refractivity contribution in [3.05, 3.63) is 99.0 Å². The van der Waals surface area contributed by atoms with Crippen LogP contribution < -0.4 is 10.4 Å². The number of pyridine rings is 1. The molecule has 2 aromatic heterocycles. The van der Waals surface area contributed by atoms with E-state index in [1.54, 1.807) is 37.3 Å². The summed E-state index contributed by atoms with van der Waals surface area (Å²) in [5, 5.41) is 0.675. The Morgan fingerprint density at radius 1 is 1.10 bits per heavy atom. The predicted octanol–water partition coefficient (Wildman–Crippen LogP) is 4.83. The zero-order chi connectivity index (χ0) is 21.3. The lowest BCUT2D eigenvalue weighted by atomic mass is 9.92. The highest BCUT2D eigenvalue weighted by Crippen LogP contribution is 2.28. The number of benzene rings is 2. The van der Waals surface area contributed by atoms with Gasteiger partial charge in [0.15, 0.2) is 5.82 Å². The van der Waals surface area contributed by atoms with Crippen LogP contribution in [0.1, 0.15) is 22.3 Å². The molecule has 0 fully saturated rings. The Morgan fingerprint density at radius 3 is 2.67 bits per heavy atom. The first kappa shape index (κ1) is 19.8. The van der Waals surface area contributed by atoms with Crippen LogP contribution in [0.4, 0.5) is 8.78 Å². The Kier molecular flexibility index (Phi) is 5.36. The summed E-state index contributed by atoms with van der Waals surface area (Å²) in [5.74, 6) is -0.924. The highest BCUT2D eigenvalue weighted by molar-refractivity contribution is 6.08. The molecular formula is C23H16BF2NO3. The molecule has 0 aliphatic rings. The van der Waals surface area contributed by atoms with Crippen molar-refractivity contribution in [3.63, 3.8) is 0 Å². The number of halogens is 2. The van der Waals surface area contributed by atoms with E-state index in [0.29, 0.717) is 27.6 Å². The SMILES string of the molecule is [B]Cc1cccc(Cc2c(C)c3ccc(Oc4ncccc4F)cc3oc2=O)c1F. The molecule has 0 N–H and O–H groups in total. The van der Waals surface area contributed by atoms with Gasteiger partial charge in [-0.15, -0.1) is 0 Å². The molecule has 0 spiro atoms. The van der Waals surface area contributed by atoms with Gasteiger partial charge < -0.3 is 9.15 Å². The summed E-state index contributed by atoms with van der Waals surface area (Å²) in [6.45, 7) is 1.78. The molecule has 0 aliphatic carbocycles. The van der Waals surface area contributed by atoms with E-state index in [1.165, 1.54) is 24.4 Å². The minimum absolute atomic E-state index is 0.0740. The number of rotatable bonds is 5. The van der Waals surface area contributed by atoms with Crippen LogP contribution in [-0.4, -0.2) is 12.8 Å². The van der Waals surface area contributed by atoms with E-state index in [4.69, 9.17) is 17.0 Å². The van der Waals surface area contributed by atoms with E-state index in [0.717, 1.165) is 0 Å². The minimum atomic E-state index is -0.604. The molecule has 0 saturated heterocycles. The Balaban J connectivity index is 1.72. The van der Waals surface area contributed by atoms with Crippen LogP contribution in [-0.2, 0) is 12.7 Å². The van der Waals surface area contributed by atoms with Gasteiger partial charge in [-0.1, -0.05) is 24.5 Å². The van der Waals surface area contributed by atoms with Gasteiger partial charge in [-0.25, -0.2) is 18.6 Å². The molecule has 2 heterocycles. The second kappa shape index (κ2) is 8.10. The van der Waals surface area contributed by atoms with Crippen molar-refractivity contribution in [3.8, 4) is 11.6 Å². The van der Waals surface area contributed by atoms with Gasteiger partial charge in [0.05, 0.1) is 7.85 Å². The molecule has 0 saturated carbocycles. The summed E-state index contributed by atoms with van der Waals surface area (Å²) in [4.78, 5) is 16.5. The maximum Gasteiger partial charge on any atom is 0.340 e. The lowest BCUT2D eigenvalue weighted by Crippen LogP contribution is -2.12. The highest BCUT2D eigenvalue weighted by atomic mass is 19.1. The summed E-state index contributed by atoms with van der Waals surface area (Å²) in [7, 11) is 5.57. The first-order chi connectivity index (χ1) is 14.5. The average Bonchev–Trinajstić information content (AvgIpc) is 2.73. The standard InChI is InChI=1S/C23H16BF2NO3/c1-13-17-8-7-16(29-22-19(25)6-3-9-27-22)11-20(17)30-23(28)18(13)10-14-4-2-5-15(12-24)21(14)26/h2-9,11H,10,12H2,1H3. The van der Waals surface area contributed by atoms with Crippen LogP contribution in [0.25, 0.3) is 11.0 Å². The number of hydrogen-bond donors (Lipinski definition) is 0. The quantitative estimate of drug-likeness (QED) is 0.354. The lowest BCUT2D eigenvalue weighted by molar-refractivity contribution is 0.422. The fourth-order valence-electron chi connectivity index (χ4n) is 3.32. The number of nitrogens with zero attached hydrogens (tertiary/aromatic N) is 1. The molecule has 148 valence electrons. The fourth-order valence-corrected chi connectivity index (χ4v) is 3.32. The summed E-state index contributed by atoms with van der Waals surface area (Å²) in [6, 6.07) is 12.5.